The zero-order valence-electron chi connectivity index (χ0n) is 14.0. The zero-order chi connectivity index (χ0) is 19.6. The van der Waals surface area contributed by atoms with E-state index in [1.807, 2.05) is 0 Å². The molecule has 3 rings (SSSR count). The van der Waals surface area contributed by atoms with Crippen LogP contribution in [-0.2, 0) is 9.53 Å². The molecule has 140 valence electrons. The lowest BCUT2D eigenvalue weighted by Gasteiger charge is -2.11. The molecule has 0 aromatic heterocycles. The van der Waals surface area contributed by atoms with Crippen LogP contribution < -0.4 is 14.8 Å². The maximum atomic E-state index is 13.6. The molecule has 0 saturated carbocycles. The van der Waals surface area contributed by atoms with Crippen molar-refractivity contribution in [2.45, 2.75) is 6.92 Å². The molecule has 1 N–H and O–H groups in total. The normalized spacial score (nSPS) is 11.8. The molecule has 2 aromatic carbocycles. The van der Waals surface area contributed by atoms with Crippen LogP contribution in [0.1, 0.15) is 27.6 Å². The predicted molar refractivity (Wildman–Crippen MR) is 92.9 cm³/mol. The molecule has 0 aliphatic carbocycles. The first kappa shape index (κ1) is 18.7. The van der Waals surface area contributed by atoms with Crippen molar-refractivity contribution >= 4 is 34.9 Å². The average molecular weight is 394 g/mol. The molecule has 0 unspecified atom stereocenters. The molecule has 1 heterocycles. The molecular formula is C18H13ClFNO6. The Hall–Kier alpha value is -3.13. The van der Waals surface area contributed by atoms with E-state index < -0.39 is 24.3 Å². The van der Waals surface area contributed by atoms with E-state index in [0.29, 0.717) is 11.5 Å². The number of halogens is 2. The Balaban J connectivity index is 1.68. The summed E-state index contributed by atoms with van der Waals surface area (Å²) in [5, 5.41) is 2.61. The number of carbonyl (C=O) groups excluding carboxylic acids is 3. The van der Waals surface area contributed by atoms with Gasteiger partial charge in [0.25, 0.3) is 5.91 Å². The highest BCUT2D eigenvalue weighted by Gasteiger charge is 2.21. The molecule has 0 atom stereocenters. The highest BCUT2D eigenvalue weighted by molar-refractivity contribution is 6.30. The van der Waals surface area contributed by atoms with Gasteiger partial charge in [-0.25, -0.2) is 9.18 Å². The lowest BCUT2D eigenvalue weighted by molar-refractivity contribution is -0.119. The number of ketones is 1. The van der Waals surface area contributed by atoms with Crippen molar-refractivity contribution < 1.29 is 33.0 Å². The van der Waals surface area contributed by atoms with Crippen molar-refractivity contribution in [3.05, 3.63) is 52.3 Å². The van der Waals surface area contributed by atoms with Gasteiger partial charge in [0.2, 0.25) is 6.79 Å². The standard InChI is InChI=1S/C18H13ClFNO6/c1-9(22)11-5-15-16(27-8-26-15)6-14(11)21-17(23)7-25-18(24)12-4-10(19)2-3-13(12)20/h2-6H,7-8H2,1H3,(H,21,23). The van der Waals surface area contributed by atoms with E-state index in [4.69, 9.17) is 25.8 Å². The summed E-state index contributed by atoms with van der Waals surface area (Å²) < 4.78 is 28.8. The highest BCUT2D eigenvalue weighted by Crippen LogP contribution is 2.37. The lowest BCUT2D eigenvalue weighted by Crippen LogP contribution is -2.22. The first-order chi connectivity index (χ1) is 12.8. The van der Waals surface area contributed by atoms with Crippen molar-refractivity contribution in [3.8, 4) is 11.5 Å². The number of hydrogen-bond donors (Lipinski definition) is 1. The van der Waals surface area contributed by atoms with Crippen LogP contribution >= 0.6 is 11.6 Å². The summed E-state index contributed by atoms with van der Waals surface area (Å²) >= 11 is 5.72. The van der Waals surface area contributed by atoms with Gasteiger partial charge in [-0.1, -0.05) is 11.6 Å². The molecule has 0 radical (unpaired) electrons. The van der Waals surface area contributed by atoms with Crippen molar-refractivity contribution in [3.63, 3.8) is 0 Å². The number of amides is 1. The van der Waals surface area contributed by atoms with E-state index in [9.17, 15) is 18.8 Å². The van der Waals surface area contributed by atoms with Crippen LogP contribution in [0.4, 0.5) is 10.1 Å². The molecule has 2 aromatic rings. The maximum Gasteiger partial charge on any atom is 0.341 e. The highest BCUT2D eigenvalue weighted by atomic mass is 35.5. The lowest BCUT2D eigenvalue weighted by atomic mass is 10.1. The Bertz CT molecular complexity index is 946. The minimum Gasteiger partial charge on any atom is -0.454 e. The van der Waals surface area contributed by atoms with Crippen molar-refractivity contribution in [2.24, 2.45) is 0 Å². The van der Waals surface area contributed by atoms with Gasteiger partial charge in [-0.3, -0.25) is 9.59 Å². The van der Waals surface area contributed by atoms with Crippen molar-refractivity contribution in [2.75, 3.05) is 18.7 Å². The second kappa shape index (κ2) is 7.63. The quantitative estimate of drug-likeness (QED) is 0.619. The van der Waals surface area contributed by atoms with E-state index in [0.717, 1.165) is 12.1 Å². The number of benzene rings is 2. The van der Waals surface area contributed by atoms with Gasteiger partial charge in [0.15, 0.2) is 23.9 Å². The van der Waals surface area contributed by atoms with E-state index in [-0.39, 0.29) is 34.4 Å². The Morgan fingerprint density at radius 1 is 1.15 bits per heavy atom. The number of anilines is 1. The van der Waals surface area contributed by atoms with E-state index >= 15 is 0 Å². The number of Topliss-reactive ketones (excluding diaryl/α,β-unsaturated/α-hetero) is 1. The van der Waals surface area contributed by atoms with Gasteiger partial charge in [0.05, 0.1) is 11.3 Å². The molecule has 1 aliphatic rings. The summed E-state index contributed by atoms with van der Waals surface area (Å²) in [4.78, 5) is 35.8. The second-order valence-corrected chi connectivity index (χ2v) is 5.99. The van der Waals surface area contributed by atoms with Gasteiger partial charge >= 0.3 is 5.97 Å². The Labute approximate surface area is 158 Å². The first-order valence-electron chi connectivity index (χ1n) is 7.72. The summed E-state index contributed by atoms with van der Waals surface area (Å²) in [5.41, 5.74) is 0.00403. The van der Waals surface area contributed by atoms with Crippen LogP contribution in [0.15, 0.2) is 30.3 Å². The number of nitrogens with one attached hydrogen (secondary N) is 1. The minimum atomic E-state index is -1.04. The Kier molecular flexibility index (Phi) is 5.27. The Morgan fingerprint density at radius 2 is 1.85 bits per heavy atom. The van der Waals surface area contributed by atoms with E-state index in [1.54, 1.807) is 0 Å². The van der Waals surface area contributed by atoms with Crippen LogP contribution in [0.5, 0.6) is 11.5 Å². The summed E-state index contributed by atoms with van der Waals surface area (Å²) in [6.45, 7) is 0.651. The minimum absolute atomic E-state index is 0.00684. The van der Waals surface area contributed by atoms with Gasteiger partial charge in [-0.05, 0) is 31.2 Å². The van der Waals surface area contributed by atoms with Crippen molar-refractivity contribution in [1.29, 1.82) is 0 Å². The smallest absolute Gasteiger partial charge is 0.341 e. The molecule has 0 bridgehead atoms. The van der Waals surface area contributed by atoms with Gasteiger partial charge < -0.3 is 19.5 Å². The van der Waals surface area contributed by atoms with Gasteiger partial charge in [0.1, 0.15) is 5.82 Å². The zero-order valence-corrected chi connectivity index (χ0v) is 14.8. The average Bonchev–Trinajstić information content (AvgIpc) is 3.08. The third-order valence-corrected chi connectivity index (χ3v) is 3.88. The fraction of sp³-hybridized carbons (Fsp3) is 0.167. The number of rotatable bonds is 5. The number of fused-ring (bicyclic) bond motifs is 1. The van der Waals surface area contributed by atoms with Crippen LogP contribution in [0.3, 0.4) is 0 Å². The molecule has 1 aliphatic heterocycles. The van der Waals surface area contributed by atoms with Gasteiger partial charge in [0, 0.05) is 16.7 Å². The summed E-state index contributed by atoms with van der Waals surface area (Å²) in [5.74, 6) is -2.12. The molecule has 9 heteroatoms. The molecular weight excluding hydrogens is 381 g/mol. The van der Waals surface area contributed by atoms with Crippen LogP contribution in [0, 0.1) is 5.82 Å². The molecule has 27 heavy (non-hydrogen) atoms. The Morgan fingerprint density at radius 3 is 2.56 bits per heavy atom. The number of ether oxygens (including phenoxy) is 3. The first-order valence-corrected chi connectivity index (χ1v) is 8.09. The summed E-state index contributed by atoms with van der Waals surface area (Å²) in [7, 11) is 0. The summed E-state index contributed by atoms with van der Waals surface area (Å²) in [6, 6.07) is 6.29. The van der Waals surface area contributed by atoms with Crippen LogP contribution in [0.2, 0.25) is 5.02 Å². The third-order valence-electron chi connectivity index (χ3n) is 3.65. The van der Waals surface area contributed by atoms with Gasteiger partial charge in [-0.2, -0.15) is 0 Å². The van der Waals surface area contributed by atoms with Crippen LogP contribution in [-0.4, -0.2) is 31.1 Å². The van der Waals surface area contributed by atoms with Crippen LogP contribution in [0.25, 0.3) is 0 Å². The van der Waals surface area contributed by atoms with E-state index in [1.165, 1.54) is 25.1 Å². The van der Waals surface area contributed by atoms with Crippen molar-refractivity contribution in [1.82, 2.24) is 0 Å². The molecule has 0 saturated heterocycles. The number of esters is 1. The van der Waals surface area contributed by atoms with Gasteiger partial charge in [-0.15, -0.1) is 0 Å². The molecule has 0 fully saturated rings. The monoisotopic (exact) mass is 393 g/mol. The topological polar surface area (TPSA) is 90.9 Å². The SMILES string of the molecule is CC(=O)c1cc2c(cc1NC(=O)COC(=O)c1cc(Cl)ccc1F)OCO2. The number of hydrogen-bond acceptors (Lipinski definition) is 6. The third kappa shape index (κ3) is 4.17. The molecule has 1 amide bonds. The molecule has 7 nitrogen and oxygen atoms in total. The largest absolute Gasteiger partial charge is 0.454 e. The van der Waals surface area contributed by atoms with E-state index in [2.05, 4.69) is 5.32 Å². The predicted octanol–water partition coefficient (Wildman–Crippen LogP) is 3.21. The number of carbonyl (C=O) groups is 3. The fourth-order valence-electron chi connectivity index (χ4n) is 2.39. The molecule has 0 spiro atoms. The summed E-state index contributed by atoms with van der Waals surface area (Å²) in [6.07, 6.45) is 0. The maximum absolute atomic E-state index is 13.6. The second-order valence-electron chi connectivity index (χ2n) is 5.56. The fourth-order valence-corrected chi connectivity index (χ4v) is 2.56.